The summed E-state index contributed by atoms with van der Waals surface area (Å²) in [5.41, 5.74) is 1.99. The SMILES string of the molecule is Cc1nc(C2CCNCC2)sc1COc1ccc(-n2cnnn2)cc1. The second kappa shape index (κ2) is 7.28. The zero-order valence-corrected chi connectivity index (χ0v) is 14.9. The quantitative estimate of drug-likeness (QED) is 0.757. The molecule has 4 rings (SSSR count). The largest absolute Gasteiger partial charge is 0.488 e. The molecule has 0 amide bonds. The van der Waals surface area contributed by atoms with Gasteiger partial charge < -0.3 is 10.1 Å². The summed E-state index contributed by atoms with van der Waals surface area (Å²) in [6, 6.07) is 7.74. The van der Waals surface area contributed by atoms with Crippen molar-refractivity contribution < 1.29 is 4.74 Å². The number of ether oxygens (including phenoxy) is 1. The van der Waals surface area contributed by atoms with E-state index in [1.807, 2.05) is 24.3 Å². The van der Waals surface area contributed by atoms with Crippen LogP contribution in [-0.4, -0.2) is 38.3 Å². The first kappa shape index (κ1) is 16.2. The van der Waals surface area contributed by atoms with Crippen molar-refractivity contribution in [2.45, 2.75) is 32.3 Å². The van der Waals surface area contributed by atoms with E-state index >= 15 is 0 Å². The lowest BCUT2D eigenvalue weighted by Gasteiger charge is -2.20. The van der Waals surface area contributed by atoms with Crippen LogP contribution in [0, 0.1) is 6.92 Å². The highest BCUT2D eigenvalue weighted by atomic mass is 32.1. The van der Waals surface area contributed by atoms with Gasteiger partial charge in [-0.3, -0.25) is 0 Å². The van der Waals surface area contributed by atoms with E-state index in [1.54, 1.807) is 22.3 Å². The molecule has 0 radical (unpaired) electrons. The number of benzene rings is 1. The number of rotatable bonds is 5. The van der Waals surface area contributed by atoms with E-state index in [0.717, 1.165) is 30.2 Å². The average molecular weight is 356 g/mol. The van der Waals surface area contributed by atoms with Crippen LogP contribution in [-0.2, 0) is 6.61 Å². The average Bonchev–Trinajstić information content (AvgIpc) is 3.31. The molecule has 3 aromatic rings. The van der Waals surface area contributed by atoms with Crippen LogP contribution in [0.2, 0.25) is 0 Å². The Morgan fingerprint density at radius 3 is 2.76 bits per heavy atom. The third-order valence-electron chi connectivity index (χ3n) is 4.42. The summed E-state index contributed by atoms with van der Waals surface area (Å²) in [7, 11) is 0. The summed E-state index contributed by atoms with van der Waals surface area (Å²) in [4.78, 5) is 5.99. The van der Waals surface area contributed by atoms with E-state index in [2.05, 4.69) is 27.8 Å². The lowest BCUT2D eigenvalue weighted by atomic mass is 9.99. The molecule has 1 aromatic carbocycles. The number of nitrogens with one attached hydrogen (secondary N) is 1. The predicted molar refractivity (Wildman–Crippen MR) is 95.2 cm³/mol. The number of piperidine rings is 1. The van der Waals surface area contributed by atoms with E-state index < -0.39 is 0 Å². The van der Waals surface area contributed by atoms with Crippen molar-refractivity contribution in [3.8, 4) is 11.4 Å². The number of aryl methyl sites for hydroxylation is 1. The lowest BCUT2D eigenvalue weighted by molar-refractivity contribution is 0.308. The van der Waals surface area contributed by atoms with Crippen LogP contribution in [0.25, 0.3) is 5.69 Å². The van der Waals surface area contributed by atoms with Gasteiger partial charge in [0.05, 0.1) is 21.3 Å². The van der Waals surface area contributed by atoms with E-state index in [0.29, 0.717) is 12.5 Å². The van der Waals surface area contributed by atoms with Crippen molar-refractivity contribution in [1.82, 2.24) is 30.5 Å². The van der Waals surface area contributed by atoms with Crippen LogP contribution in [0.1, 0.15) is 34.3 Å². The topological polar surface area (TPSA) is 77.8 Å². The first-order valence-electron chi connectivity index (χ1n) is 8.43. The van der Waals surface area contributed by atoms with Gasteiger partial charge in [-0.15, -0.1) is 16.4 Å². The highest BCUT2D eigenvalue weighted by Gasteiger charge is 2.20. The molecule has 0 saturated carbocycles. The molecule has 1 saturated heterocycles. The highest BCUT2D eigenvalue weighted by Crippen LogP contribution is 2.31. The normalized spacial score (nSPS) is 15.4. The maximum atomic E-state index is 5.94. The van der Waals surface area contributed by atoms with E-state index in [4.69, 9.17) is 9.72 Å². The molecule has 25 heavy (non-hydrogen) atoms. The maximum absolute atomic E-state index is 5.94. The minimum absolute atomic E-state index is 0.554. The van der Waals surface area contributed by atoms with E-state index in [9.17, 15) is 0 Å². The number of aromatic nitrogens is 5. The summed E-state index contributed by atoms with van der Waals surface area (Å²) in [5.74, 6) is 1.42. The molecular weight excluding hydrogens is 336 g/mol. The van der Waals surface area contributed by atoms with Crippen LogP contribution in [0.15, 0.2) is 30.6 Å². The predicted octanol–water partition coefficient (Wildman–Crippen LogP) is 2.47. The third-order valence-corrected chi connectivity index (χ3v) is 5.71. The molecule has 7 nitrogen and oxygen atoms in total. The fraction of sp³-hybridized carbons (Fsp3) is 0.412. The van der Waals surface area contributed by atoms with Crippen molar-refractivity contribution in [3.05, 3.63) is 46.2 Å². The number of hydrogen-bond donors (Lipinski definition) is 1. The second-order valence-electron chi connectivity index (χ2n) is 6.12. The van der Waals surface area contributed by atoms with Gasteiger partial charge in [-0.1, -0.05) is 0 Å². The molecule has 0 bridgehead atoms. The molecular formula is C17H20N6OS. The fourth-order valence-corrected chi connectivity index (χ4v) is 4.10. The second-order valence-corrected chi connectivity index (χ2v) is 7.24. The van der Waals surface area contributed by atoms with Gasteiger partial charge >= 0.3 is 0 Å². The van der Waals surface area contributed by atoms with E-state index in [1.165, 1.54) is 22.7 Å². The molecule has 1 aliphatic heterocycles. The molecule has 1 N–H and O–H groups in total. The summed E-state index contributed by atoms with van der Waals surface area (Å²) < 4.78 is 7.56. The van der Waals surface area contributed by atoms with Crippen molar-refractivity contribution in [3.63, 3.8) is 0 Å². The Balaban J connectivity index is 1.40. The molecule has 1 fully saturated rings. The monoisotopic (exact) mass is 356 g/mol. The lowest BCUT2D eigenvalue weighted by Crippen LogP contribution is -2.26. The van der Waals surface area contributed by atoms with Crippen molar-refractivity contribution in [1.29, 1.82) is 0 Å². The van der Waals surface area contributed by atoms with Gasteiger partial charge in [-0.25, -0.2) is 9.67 Å². The van der Waals surface area contributed by atoms with Gasteiger partial charge in [0.2, 0.25) is 0 Å². The first-order valence-corrected chi connectivity index (χ1v) is 9.24. The summed E-state index contributed by atoms with van der Waals surface area (Å²) >= 11 is 1.79. The third kappa shape index (κ3) is 3.69. The highest BCUT2D eigenvalue weighted by molar-refractivity contribution is 7.11. The number of thiazole rings is 1. The zero-order chi connectivity index (χ0) is 17.1. The maximum Gasteiger partial charge on any atom is 0.143 e. The summed E-state index contributed by atoms with van der Waals surface area (Å²) in [5, 5.41) is 15.8. The Morgan fingerprint density at radius 2 is 2.04 bits per heavy atom. The van der Waals surface area contributed by atoms with Gasteiger partial charge in [0.25, 0.3) is 0 Å². The van der Waals surface area contributed by atoms with Gasteiger partial charge in [0, 0.05) is 5.92 Å². The summed E-state index contributed by atoms with van der Waals surface area (Å²) in [6.45, 7) is 4.80. The molecule has 0 unspecified atom stereocenters. The van der Waals surface area contributed by atoms with Gasteiger partial charge in [-0.05, 0) is 67.5 Å². The molecule has 3 heterocycles. The number of hydrogen-bond acceptors (Lipinski definition) is 7. The molecule has 8 heteroatoms. The minimum Gasteiger partial charge on any atom is -0.488 e. The zero-order valence-electron chi connectivity index (χ0n) is 14.1. The number of tetrazole rings is 1. The summed E-state index contributed by atoms with van der Waals surface area (Å²) in [6.07, 6.45) is 3.91. The first-order chi connectivity index (χ1) is 12.3. The van der Waals surface area contributed by atoms with Gasteiger partial charge in [0.1, 0.15) is 18.7 Å². The molecule has 0 atom stereocenters. The Kier molecular flexibility index (Phi) is 4.71. The minimum atomic E-state index is 0.554. The Morgan fingerprint density at radius 1 is 1.24 bits per heavy atom. The Hall–Kier alpha value is -2.32. The van der Waals surface area contributed by atoms with Crippen LogP contribution in [0.4, 0.5) is 0 Å². The fourth-order valence-electron chi connectivity index (χ4n) is 2.95. The standard InChI is InChI=1S/C17H20N6OS/c1-12-16(25-17(20-12)13-6-8-18-9-7-13)10-24-15-4-2-14(3-5-15)23-11-19-21-22-23/h2-5,11,13,18H,6-10H2,1H3. The Labute approximate surface area is 150 Å². The van der Waals surface area contributed by atoms with Crippen LogP contribution < -0.4 is 10.1 Å². The molecule has 130 valence electrons. The van der Waals surface area contributed by atoms with Crippen molar-refractivity contribution in [2.24, 2.45) is 0 Å². The molecule has 1 aliphatic rings. The van der Waals surface area contributed by atoms with Crippen molar-refractivity contribution in [2.75, 3.05) is 13.1 Å². The molecule has 2 aromatic heterocycles. The number of nitrogens with zero attached hydrogens (tertiary/aromatic N) is 5. The van der Waals surface area contributed by atoms with Crippen LogP contribution in [0.3, 0.4) is 0 Å². The van der Waals surface area contributed by atoms with Crippen LogP contribution >= 0.6 is 11.3 Å². The van der Waals surface area contributed by atoms with Crippen molar-refractivity contribution >= 4 is 11.3 Å². The van der Waals surface area contributed by atoms with Gasteiger partial charge in [-0.2, -0.15) is 0 Å². The van der Waals surface area contributed by atoms with E-state index in [-0.39, 0.29) is 0 Å². The Bertz CT molecular complexity index is 808. The smallest absolute Gasteiger partial charge is 0.143 e. The van der Waals surface area contributed by atoms with Crippen LogP contribution in [0.5, 0.6) is 5.75 Å². The molecule has 0 aliphatic carbocycles. The molecule has 0 spiro atoms. The van der Waals surface area contributed by atoms with Gasteiger partial charge in [0.15, 0.2) is 0 Å².